The van der Waals surface area contributed by atoms with Crippen molar-refractivity contribution in [3.8, 4) is 10.7 Å². The van der Waals surface area contributed by atoms with Gasteiger partial charge in [0.15, 0.2) is 5.82 Å². The van der Waals surface area contributed by atoms with E-state index in [0.29, 0.717) is 16.7 Å². The van der Waals surface area contributed by atoms with E-state index in [0.717, 1.165) is 9.55 Å². The Labute approximate surface area is 101 Å². The van der Waals surface area contributed by atoms with Gasteiger partial charge in [0.2, 0.25) is 0 Å². The van der Waals surface area contributed by atoms with Crippen LogP contribution in [0.5, 0.6) is 0 Å². The van der Waals surface area contributed by atoms with Gasteiger partial charge in [-0.1, -0.05) is 18.2 Å². The predicted molar refractivity (Wildman–Crippen MR) is 69.5 cm³/mol. The van der Waals surface area contributed by atoms with E-state index in [1.54, 1.807) is 12.1 Å². The standard InChI is InChI=1S/C12H9N3OS/c13-15-11(10-6-3-7-17-10)14-9-5-2-1-4-8(9)12(15)16/h1-7H,13H2. The minimum absolute atomic E-state index is 0.223. The average Bonchev–Trinajstić information content (AvgIpc) is 2.87. The SMILES string of the molecule is Nn1c(-c2cccs2)nc2ccccc2c1=O. The number of nitrogen functional groups attached to an aromatic ring is 1. The van der Waals surface area contributed by atoms with Crippen molar-refractivity contribution < 1.29 is 0 Å². The maximum absolute atomic E-state index is 12.0. The minimum Gasteiger partial charge on any atom is -0.334 e. The fourth-order valence-corrected chi connectivity index (χ4v) is 2.44. The molecule has 0 fully saturated rings. The summed E-state index contributed by atoms with van der Waals surface area (Å²) in [6, 6.07) is 11.0. The molecule has 2 N–H and O–H groups in total. The number of hydrogen-bond donors (Lipinski definition) is 1. The third kappa shape index (κ3) is 1.52. The molecule has 0 aliphatic carbocycles. The molecule has 0 aliphatic rings. The summed E-state index contributed by atoms with van der Waals surface area (Å²) in [6.07, 6.45) is 0. The van der Waals surface area contributed by atoms with Crippen molar-refractivity contribution in [2.75, 3.05) is 5.84 Å². The van der Waals surface area contributed by atoms with Gasteiger partial charge < -0.3 is 5.84 Å². The van der Waals surface area contributed by atoms with Gasteiger partial charge in [-0.2, -0.15) is 0 Å². The van der Waals surface area contributed by atoms with Crippen molar-refractivity contribution in [2.45, 2.75) is 0 Å². The number of hydrogen-bond acceptors (Lipinski definition) is 4. The quantitative estimate of drug-likeness (QED) is 0.663. The molecule has 0 atom stereocenters. The zero-order chi connectivity index (χ0) is 11.8. The molecule has 0 radical (unpaired) electrons. The van der Waals surface area contributed by atoms with Gasteiger partial charge in [0.25, 0.3) is 5.56 Å². The van der Waals surface area contributed by atoms with E-state index in [1.165, 1.54) is 11.3 Å². The molecule has 2 heterocycles. The number of aromatic nitrogens is 2. The van der Waals surface area contributed by atoms with Crippen LogP contribution in [0, 0.1) is 0 Å². The van der Waals surface area contributed by atoms with Crippen molar-refractivity contribution in [1.82, 2.24) is 9.66 Å². The lowest BCUT2D eigenvalue weighted by molar-refractivity contribution is 0.930. The molecule has 84 valence electrons. The third-order valence-corrected chi connectivity index (χ3v) is 3.42. The third-order valence-electron chi connectivity index (χ3n) is 2.55. The zero-order valence-corrected chi connectivity index (χ0v) is 9.65. The Morgan fingerprint density at radius 3 is 2.76 bits per heavy atom. The Morgan fingerprint density at radius 1 is 1.18 bits per heavy atom. The molecule has 0 bridgehead atoms. The Hall–Kier alpha value is -2.14. The van der Waals surface area contributed by atoms with Gasteiger partial charge in [-0.05, 0) is 23.6 Å². The van der Waals surface area contributed by atoms with Crippen LogP contribution >= 0.6 is 11.3 Å². The Kier molecular flexibility index (Phi) is 2.19. The Balaban J connectivity index is 2.42. The summed E-state index contributed by atoms with van der Waals surface area (Å²) in [5, 5.41) is 2.46. The summed E-state index contributed by atoms with van der Waals surface area (Å²) in [7, 11) is 0. The first-order chi connectivity index (χ1) is 8.27. The van der Waals surface area contributed by atoms with Gasteiger partial charge >= 0.3 is 0 Å². The van der Waals surface area contributed by atoms with Crippen LogP contribution in [0.3, 0.4) is 0 Å². The van der Waals surface area contributed by atoms with Gasteiger partial charge in [0.1, 0.15) is 0 Å². The highest BCUT2D eigenvalue weighted by Gasteiger charge is 2.10. The van der Waals surface area contributed by atoms with E-state index < -0.39 is 0 Å². The lowest BCUT2D eigenvalue weighted by atomic mass is 10.2. The van der Waals surface area contributed by atoms with E-state index in [2.05, 4.69) is 4.98 Å². The number of para-hydroxylation sites is 1. The zero-order valence-electron chi connectivity index (χ0n) is 8.83. The van der Waals surface area contributed by atoms with E-state index in [1.807, 2.05) is 29.6 Å². The van der Waals surface area contributed by atoms with Crippen LogP contribution in [-0.4, -0.2) is 9.66 Å². The molecule has 0 unspecified atom stereocenters. The molecular formula is C12H9N3OS. The number of nitrogens with zero attached hydrogens (tertiary/aromatic N) is 2. The number of fused-ring (bicyclic) bond motifs is 1. The summed E-state index contributed by atoms with van der Waals surface area (Å²) >= 11 is 1.51. The predicted octanol–water partition coefficient (Wildman–Crippen LogP) is 1.84. The summed E-state index contributed by atoms with van der Waals surface area (Å²) in [5.74, 6) is 6.29. The molecular weight excluding hydrogens is 234 g/mol. The summed E-state index contributed by atoms with van der Waals surface area (Å²) < 4.78 is 1.11. The normalized spacial score (nSPS) is 10.8. The first-order valence-corrected chi connectivity index (χ1v) is 5.96. The molecule has 4 nitrogen and oxygen atoms in total. The van der Waals surface area contributed by atoms with Gasteiger partial charge in [-0.3, -0.25) is 4.79 Å². The van der Waals surface area contributed by atoms with Crippen molar-refractivity contribution >= 4 is 22.2 Å². The van der Waals surface area contributed by atoms with Gasteiger partial charge in [-0.15, -0.1) is 11.3 Å². The van der Waals surface area contributed by atoms with Crippen LogP contribution in [0.1, 0.15) is 0 Å². The fourth-order valence-electron chi connectivity index (χ4n) is 1.73. The molecule has 0 amide bonds. The van der Waals surface area contributed by atoms with Crippen LogP contribution in [-0.2, 0) is 0 Å². The van der Waals surface area contributed by atoms with E-state index in [9.17, 15) is 4.79 Å². The van der Waals surface area contributed by atoms with E-state index in [4.69, 9.17) is 5.84 Å². The van der Waals surface area contributed by atoms with E-state index >= 15 is 0 Å². The number of benzene rings is 1. The molecule has 3 rings (SSSR count). The second kappa shape index (κ2) is 3.71. The molecule has 17 heavy (non-hydrogen) atoms. The highest BCUT2D eigenvalue weighted by Crippen LogP contribution is 2.22. The second-order valence-electron chi connectivity index (χ2n) is 3.61. The van der Waals surface area contributed by atoms with Crippen LogP contribution in [0.4, 0.5) is 0 Å². The smallest absolute Gasteiger partial charge is 0.280 e. The maximum Gasteiger partial charge on any atom is 0.280 e. The molecule has 0 saturated carbocycles. The highest BCUT2D eigenvalue weighted by molar-refractivity contribution is 7.13. The largest absolute Gasteiger partial charge is 0.334 e. The molecule has 5 heteroatoms. The average molecular weight is 243 g/mol. The van der Waals surface area contributed by atoms with Gasteiger partial charge in [0.05, 0.1) is 15.8 Å². The highest BCUT2D eigenvalue weighted by atomic mass is 32.1. The monoisotopic (exact) mass is 243 g/mol. The first kappa shape index (κ1) is 10.0. The van der Waals surface area contributed by atoms with Crippen molar-refractivity contribution in [2.24, 2.45) is 0 Å². The molecule has 3 aromatic rings. The minimum atomic E-state index is -0.223. The molecule has 0 spiro atoms. The van der Waals surface area contributed by atoms with Crippen molar-refractivity contribution in [3.63, 3.8) is 0 Å². The van der Waals surface area contributed by atoms with E-state index in [-0.39, 0.29) is 5.56 Å². The van der Waals surface area contributed by atoms with Gasteiger partial charge in [0, 0.05) is 0 Å². The Bertz CT molecular complexity index is 731. The van der Waals surface area contributed by atoms with Crippen molar-refractivity contribution in [1.29, 1.82) is 0 Å². The van der Waals surface area contributed by atoms with Crippen LogP contribution in [0.15, 0.2) is 46.6 Å². The second-order valence-corrected chi connectivity index (χ2v) is 4.55. The Morgan fingerprint density at radius 2 is 2.00 bits per heavy atom. The lowest BCUT2D eigenvalue weighted by Crippen LogP contribution is -2.29. The van der Waals surface area contributed by atoms with Crippen LogP contribution in [0.2, 0.25) is 0 Å². The van der Waals surface area contributed by atoms with Crippen LogP contribution in [0.25, 0.3) is 21.6 Å². The number of rotatable bonds is 1. The van der Waals surface area contributed by atoms with Crippen molar-refractivity contribution in [3.05, 3.63) is 52.1 Å². The number of thiophene rings is 1. The lowest BCUT2D eigenvalue weighted by Gasteiger charge is -2.06. The molecule has 2 aromatic heterocycles. The first-order valence-electron chi connectivity index (χ1n) is 5.08. The summed E-state index contributed by atoms with van der Waals surface area (Å²) in [6.45, 7) is 0. The van der Waals surface area contributed by atoms with Gasteiger partial charge in [-0.25, -0.2) is 9.66 Å². The fraction of sp³-hybridized carbons (Fsp3) is 0. The molecule has 0 saturated heterocycles. The molecule has 0 aliphatic heterocycles. The maximum atomic E-state index is 12.0. The topological polar surface area (TPSA) is 60.9 Å². The summed E-state index contributed by atoms with van der Waals surface area (Å²) in [4.78, 5) is 17.4. The molecule has 1 aromatic carbocycles. The summed E-state index contributed by atoms with van der Waals surface area (Å²) in [5.41, 5.74) is 0.446. The number of nitrogens with two attached hydrogens (primary N) is 1. The van der Waals surface area contributed by atoms with Crippen LogP contribution < -0.4 is 11.4 Å².